The Labute approximate surface area is 104 Å². The molecule has 4 heteroatoms. The van der Waals surface area contributed by atoms with E-state index in [9.17, 15) is 4.79 Å². The maximum atomic E-state index is 11.5. The van der Waals surface area contributed by atoms with Gasteiger partial charge in [-0.15, -0.1) is 0 Å². The van der Waals surface area contributed by atoms with E-state index < -0.39 is 0 Å². The number of piperidine rings is 1. The lowest BCUT2D eigenvalue weighted by Gasteiger charge is -2.26. The van der Waals surface area contributed by atoms with E-state index >= 15 is 0 Å². The second kappa shape index (κ2) is 6.36. The highest BCUT2D eigenvalue weighted by Gasteiger charge is 2.23. The van der Waals surface area contributed by atoms with Gasteiger partial charge in [0.2, 0.25) is 5.91 Å². The number of carbonyl (C=O) groups is 1. The van der Waals surface area contributed by atoms with Crippen LogP contribution in [-0.2, 0) is 4.79 Å². The fourth-order valence-electron chi connectivity index (χ4n) is 2.41. The number of carbonyl (C=O) groups excluding carboxylic acids is 1. The molecular weight excluding hydrogens is 214 g/mol. The molecule has 0 spiro atoms. The van der Waals surface area contributed by atoms with Gasteiger partial charge in [0.15, 0.2) is 0 Å². The van der Waals surface area contributed by atoms with Crippen molar-refractivity contribution in [1.29, 1.82) is 0 Å². The summed E-state index contributed by atoms with van der Waals surface area (Å²) < 4.78 is 0. The third kappa shape index (κ3) is 5.04. The average molecular weight is 239 g/mol. The van der Waals surface area contributed by atoms with Gasteiger partial charge in [-0.25, -0.2) is 0 Å². The van der Waals surface area contributed by atoms with E-state index in [4.69, 9.17) is 0 Å². The highest BCUT2D eigenvalue weighted by molar-refractivity contribution is 5.78. The number of rotatable bonds is 6. The molecule has 2 aliphatic rings. The first kappa shape index (κ1) is 12.8. The SMILES string of the molecule is CC(CC1CCCCN1)NCC(=O)NC1CC1. The summed E-state index contributed by atoms with van der Waals surface area (Å²) in [6.07, 6.45) is 7.37. The average Bonchev–Trinajstić information content (AvgIpc) is 3.12. The lowest BCUT2D eigenvalue weighted by Crippen LogP contribution is -2.43. The van der Waals surface area contributed by atoms with Crippen molar-refractivity contribution in [3.8, 4) is 0 Å². The van der Waals surface area contributed by atoms with Crippen molar-refractivity contribution in [3.63, 3.8) is 0 Å². The van der Waals surface area contributed by atoms with Crippen LogP contribution in [0.3, 0.4) is 0 Å². The molecule has 4 nitrogen and oxygen atoms in total. The van der Waals surface area contributed by atoms with Crippen LogP contribution in [0.4, 0.5) is 0 Å². The molecule has 1 saturated heterocycles. The van der Waals surface area contributed by atoms with Gasteiger partial charge >= 0.3 is 0 Å². The molecule has 2 atom stereocenters. The van der Waals surface area contributed by atoms with E-state index in [1.165, 1.54) is 19.3 Å². The maximum Gasteiger partial charge on any atom is 0.234 e. The number of amides is 1. The van der Waals surface area contributed by atoms with Crippen LogP contribution in [0.2, 0.25) is 0 Å². The van der Waals surface area contributed by atoms with E-state index in [0.717, 1.165) is 25.8 Å². The normalized spacial score (nSPS) is 26.5. The summed E-state index contributed by atoms with van der Waals surface area (Å²) >= 11 is 0. The van der Waals surface area contributed by atoms with Gasteiger partial charge in [0.1, 0.15) is 0 Å². The quantitative estimate of drug-likeness (QED) is 0.642. The monoisotopic (exact) mass is 239 g/mol. The highest BCUT2D eigenvalue weighted by Crippen LogP contribution is 2.18. The predicted octanol–water partition coefficient (Wildman–Crippen LogP) is 0.775. The van der Waals surface area contributed by atoms with E-state index in [2.05, 4.69) is 22.9 Å². The molecule has 98 valence electrons. The van der Waals surface area contributed by atoms with Crippen LogP contribution in [0.5, 0.6) is 0 Å². The summed E-state index contributed by atoms with van der Waals surface area (Å²) in [6, 6.07) is 1.52. The number of nitrogens with one attached hydrogen (secondary N) is 3. The standard InChI is InChI=1S/C13H25N3O/c1-10(8-12-4-2-3-7-14-12)15-9-13(17)16-11-5-6-11/h10-12,14-15H,2-9H2,1H3,(H,16,17). The molecule has 1 saturated carbocycles. The zero-order chi connectivity index (χ0) is 12.1. The Kier molecular flexibility index (Phi) is 4.80. The molecule has 1 aliphatic carbocycles. The van der Waals surface area contributed by atoms with Crippen molar-refractivity contribution in [3.05, 3.63) is 0 Å². The van der Waals surface area contributed by atoms with E-state index in [-0.39, 0.29) is 5.91 Å². The minimum atomic E-state index is 0.149. The molecule has 0 aromatic carbocycles. The topological polar surface area (TPSA) is 53.2 Å². The Morgan fingerprint density at radius 2 is 2.18 bits per heavy atom. The molecule has 3 N–H and O–H groups in total. The number of hydrogen-bond donors (Lipinski definition) is 3. The van der Waals surface area contributed by atoms with Crippen LogP contribution in [-0.4, -0.2) is 37.1 Å². The largest absolute Gasteiger partial charge is 0.352 e. The second-order valence-electron chi connectivity index (χ2n) is 5.51. The van der Waals surface area contributed by atoms with Crippen LogP contribution in [0.15, 0.2) is 0 Å². The molecule has 0 aromatic heterocycles. The van der Waals surface area contributed by atoms with Crippen LogP contribution in [0, 0.1) is 0 Å². The summed E-state index contributed by atoms with van der Waals surface area (Å²) in [5.41, 5.74) is 0. The van der Waals surface area contributed by atoms with Gasteiger partial charge in [0.05, 0.1) is 6.54 Å². The van der Waals surface area contributed by atoms with Crippen molar-refractivity contribution in [2.75, 3.05) is 13.1 Å². The third-order valence-corrected chi connectivity index (χ3v) is 3.60. The van der Waals surface area contributed by atoms with E-state index in [0.29, 0.717) is 24.7 Å². The highest BCUT2D eigenvalue weighted by atomic mass is 16.2. The molecule has 2 fully saturated rings. The third-order valence-electron chi connectivity index (χ3n) is 3.60. The fourth-order valence-corrected chi connectivity index (χ4v) is 2.41. The Hall–Kier alpha value is -0.610. The lowest BCUT2D eigenvalue weighted by molar-refractivity contribution is -0.120. The van der Waals surface area contributed by atoms with Crippen molar-refractivity contribution >= 4 is 5.91 Å². The minimum absolute atomic E-state index is 0.149. The Balaban J connectivity index is 1.55. The first-order chi connectivity index (χ1) is 8.24. The second-order valence-corrected chi connectivity index (χ2v) is 5.51. The van der Waals surface area contributed by atoms with E-state index in [1.54, 1.807) is 0 Å². The molecule has 1 amide bonds. The number of hydrogen-bond acceptors (Lipinski definition) is 3. The summed E-state index contributed by atoms with van der Waals surface area (Å²) in [5, 5.41) is 9.85. The first-order valence-corrected chi connectivity index (χ1v) is 7.00. The summed E-state index contributed by atoms with van der Waals surface area (Å²) in [6.45, 7) is 3.78. The lowest BCUT2D eigenvalue weighted by atomic mass is 9.99. The van der Waals surface area contributed by atoms with Gasteiger partial charge in [-0.2, -0.15) is 0 Å². The molecule has 2 unspecified atom stereocenters. The van der Waals surface area contributed by atoms with Crippen LogP contribution >= 0.6 is 0 Å². The maximum absolute atomic E-state index is 11.5. The molecular formula is C13H25N3O. The molecule has 0 aromatic rings. The van der Waals surface area contributed by atoms with Crippen molar-refractivity contribution < 1.29 is 4.79 Å². The van der Waals surface area contributed by atoms with E-state index in [1.807, 2.05) is 0 Å². The van der Waals surface area contributed by atoms with Gasteiger partial charge in [0, 0.05) is 18.1 Å². The zero-order valence-corrected chi connectivity index (χ0v) is 10.8. The van der Waals surface area contributed by atoms with Gasteiger partial charge in [-0.3, -0.25) is 4.79 Å². The molecule has 2 rings (SSSR count). The Morgan fingerprint density at radius 1 is 1.35 bits per heavy atom. The molecule has 1 aliphatic heterocycles. The van der Waals surface area contributed by atoms with Gasteiger partial charge in [0.25, 0.3) is 0 Å². The predicted molar refractivity (Wildman–Crippen MR) is 68.9 cm³/mol. The van der Waals surface area contributed by atoms with Crippen LogP contribution < -0.4 is 16.0 Å². The smallest absolute Gasteiger partial charge is 0.234 e. The molecule has 0 bridgehead atoms. The summed E-state index contributed by atoms with van der Waals surface area (Å²) in [7, 11) is 0. The summed E-state index contributed by atoms with van der Waals surface area (Å²) in [4.78, 5) is 11.5. The van der Waals surface area contributed by atoms with Crippen LogP contribution in [0.25, 0.3) is 0 Å². The van der Waals surface area contributed by atoms with Gasteiger partial charge < -0.3 is 16.0 Å². The van der Waals surface area contributed by atoms with Crippen molar-refractivity contribution in [2.45, 2.75) is 63.6 Å². The summed E-state index contributed by atoms with van der Waals surface area (Å²) in [5.74, 6) is 0.149. The molecule has 17 heavy (non-hydrogen) atoms. The minimum Gasteiger partial charge on any atom is -0.352 e. The Morgan fingerprint density at radius 3 is 2.82 bits per heavy atom. The fraction of sp³-hybridized carbons (Fsp3) is 0.923. The van der Waals surface area contributed by atoms with Gasteiger partial charge in [-0.1, -0.05) is 6.42 Å². The van der Waals surface area contributed by atoms with Crippen LogP contribution in [0.1, 0.15) is 45.4 Å². The molecule has 0 radical (unpaired) electrons. The van der Waals surface area contributed by atoms with Gasteiger partial charge in [-0.05, 0) is 45.6 Å². The van der Waals surface area contributed by atoms with Crippen molar-refractivity contribution in [1.82, 2.24) is 16.0 Å². The molecule has 1 heterocycles. The van der Waals surface area contributed by atoms with Crippen molar-refractivity contribution in [2.24, 2.45) is 0 Å². The Bertz CT molecular complexity index is 247. The zero-order valence-electron chi connectivity index (χ0n) is 10.8. The first-order valence-electron chi connectivity index (χ1n) is 7.00.